The molecule has 8 heteroatoms. The van der Waals surface area contributed by atoms with Gasteiger partial charge in [0.2, 0.25) is 5.95 Å². The minimum absolute atomic E-state index is 0.0816. The lowest BCUT2D eigenvalue weighted by Crippen LogP contribution is -2.37. The third-order valence-electron chi connectivity index (χ3n) is 5.08. The lowest BCUT2D eigenvalue weighted by atomic mass is 9.96. The van der Waals surface area contributed by atoms with E-state index in [0.29, 0.717) is 11.5 Å². The summed E-state index contributed by atoms with van der Waals surface area (Å²) in [5.41, 5.74) is 1.69. The number of hydrogen-bond donors (Lipinski definition) is 1. The number of nitrogens with one attached hydrogen (secondary N) is 1. The van der Waals surface area contributed by atoms with E-state index in [1.165, 1.54) is 0 Å². The van der Waals surface area contributed by atoms with Crippen molar-refractivity contribution in [3.8, 4) is 0 Å². The van der Waals surface area contributed by atoms with E-state index in [1.807, 2.05) is 12.3 Å². The molecule has 2 aliphatic rings. The molecular formula is C18H24N6O2. The maximum atomic E-state index is 12.3. The number of aryl methyl sites for hydroxylation is 1. The van der Waals surface area contributed by atoms with Gasteiger partial charge in [0, 0.05) is 63.4 Å². The van der Waals surface area contributed by atoms with Crippen LogP contribution in [0.1, 0.15) is 41.2 Å². The van der Waals surface area contributed by atoms with Crippen LogP contribution in [0.15, 0.2) is 24.7 Å². The predicted octanol–water partition coefficient (Wildman–Crippen LogP) is 1.11. The van der Waals surface area contributed by atoms with Crippen molar-refractivity contribution in [3.63, 3.8) is 0 Å². The largest absolute Gasteiger partial charge is 0.381 e. The van der Waals surface area contributed by atoms with E-state index in [9.17, 15) is 4.79 Å². The fraction of sp³-hybridized carbons (Fsp3) is 0.556. The topological polar surface area (TPSA) is 85.2 Å². The molecule has 2 aromatic heterocycles. The number of aromatic nitrogens is 4. The van der Waals surface area contributed by atoms with Gasteiger partial charge in [0.25, 0.3) is 5.91 Å². The summed E-state index contributed by atoms with van der Waals surface area (Å²) in [5.74, 6) is 1.13. The van der Waals surface area contributed by atoms with Gasteiger partial charge in [-0.1, -0.05) is 0 Å². The van der Waals surface area contributed by atoms with Crippen LogP contribution in [0.3, 0.4) is 0 Å². The highest BCUT2D eigenvalue weighted by atomic mass is 16.5. The average molecular weight is 356 g/mol. The molecule has 2 aromatic rings. The Hall–Kier alpha value is -2.48. The van der Waals surface area contributed by atoms with E-state index in [4.69, 9.17) is 9.72 Å². The summed E-state index contributed by atoms with van der Waals surface area (Å²) >= 11 is 0. The predicted molar refractivity (Wildman–Crippen MR) is 96.1 cm³/mol. The van der Waals surface area contributed by atoms with Crippen molar-refractivity contribution in [2.75, 3.05) is 31.2 Å². The molecule has 1 atom stereocenters. The van der Waals surface area contributed by atoms with Crippen LogP contribution in [0, 0.1) is 0 Å². The molecule has 0 saturated carbocycles. The monoisotopic (exact) mass is 356 g/mol. The van der Waals surface area contributed by atoms with Crippen molar-refractivity contribution in [1.82, 2.24) is 25.1 Å². The average Bonchev–Trinajstić information content (AvgIpc) is 3.32. The molecule has 0 bridgehead atoms. The molecule has 2 saturated heterocycles. The number of carbonyl (C=O) groups excluding carboxylic acids is 1. The Morgan fingerprint density at radius 3 is 2.92 bits per heavy atom. The number of amides is 1. The van der Waals surface area contributed by atoms with Gasteiger partial charge >= 0.3 is 0 Å². The molecule has 1 amide bonds. The summed E-state index contributed by atoms with van der Waals surface area (Å²) in [6.07, 6.45) is 8.07. The van der Waals surface area contributed by atoms with Crippen LogP contribution < -0.4 is 10.2 Å². The second-order valence-electron chi connectivity index (χ2n) is 6.98. The Labute approximate surface area is 152 Å². The first-order chi connectivity index (χ1) is 12.7. The Morgan fingerprint density at radius 1 is 1.31 bits per heavy atom. The van der Waals surface area contributed by atoms with Gasteiger partial charge in [0.05, 0.1) is 11.8 Å². The third kappa shape index (κ3) is 3.70. The molecule has 0 aliphatic carbocycles. The number of nitrogens with zero attached hydrogens (tertiary/aromatic N) is 5. The van der Waals surface area contributed by atoms with Crippen LogP contribution in [0.5, 0.6) is 0 Å². The maximum Gasteiger partial charge on any atom is 0.254 e. The lowest BCUT2D eigenvalue weighted by molar-refractivity contribution is 0.0845. The number of rotatable bonds is 4. The lowest BCUT2D eigenvalue weighted by Gasteiger charge is -2.23. The SMILES string of the molecule is Cn1cc(C(=O)NC2CCN(c3nccc(C4CCOCC4)n3)C2)cn1. The third-order valence-corrected chi connectivity index (χ3v) is 5.08. The minimum Gasteiger partial charge on any atom is -0.381 e. The molecule has 2 aliphatic heterocycles. The van der Waals surface area contributed by atoms with Crippen molar-refractivity contribution >= 4 is 11.9 Å². The Kier molecular flexibility index (Phi) is 4.83. The van der Waals surface area contributed by atoms with E-state index in [0.717, 1.165) is 57.2 Å². The highest BCUT2D eigenvalue weighted by molar-refractivity contribution is 5.93. The van der Waals surface area contributed by atoms with E-state index < -0.39 is 0 Å². The van der Waals surface area contributed by atoms with Gasteiger partial charge in [-0.2, -0.15) is 5.10 Å². The zero-order valence-corrected chi connectivity index (χ0v) is 15.0. The van der Waals surface area contributed by atoms with Crippen LogP contribution in [-0.4, -0.2) is 58.0 Å². The van der Waals surface area contributed by atoms with Gasteiger partial charge in [-0.15, -0.1) is 0 Å². The molecular weight excluding hydrogens is 332 g/mol. The summed E-state index contributed by atoms with van der Waals surface area (Å²) in [4.78, 5) is 23.7. The first-order valence-corrected chi connectivity index (χ1v) is 9.14. The highest BCUT2D eigenvalue weighted by Crippen LogP contribution is 2.26. The van der Waals surface area contributed by atoms with Crippen LogP contribution in [0.4, 0.5) is 5.95 Å². The molecule has 2 fully saturated rings. The second kappa shape index (κ2) is 7.41. The van der Waals surface area contributed by atoms with Crippen LogP contribution in [0.2, 0.25) is 0 Å². The molecule has 4 heterocycles. The summed E-state index contributed by atoms with van der Waals surface area (Å²) < 4.78 is 7.07. The fourth-order valence-electron chi connectivity index (χ4n) is 3.60. The summed E-state index contributed by atoms with van der Waals surface area (Å²) in [7, 11) is 1.80. The van der Waals surface area contributed by atoms with Crippen LogP contribution >= 0.6 is 0 Å². The molecule has 0 spiro atoms. The molecule has 0 radical (unpaired) electrons. The zero-order chi connectivity index (χ0) is 17.9. The molecule has 0 aromatic carbocycles. The van der Waals surface area contributed by atoms with E-state index in [-0.39, 0.29) is 11.9 Å². The fourth-order valence-corrected chi connectivity index (χ4v) is 3.60. The van der Waals surface area contributed by atoms with E-state index in [2.05, 4.69) is 20.3 Å². The van der Waals surface area contributed by atoms with Gasteiger partial charge in [0.15, 0.2) is 0 Å². The molecule has 1 unspecified atom stereocenters. The van der Waals surface area contributed by atoms with Crippen molar-refractivity contribution < 1.29 is 9.53 Å². The molecule has 26 heavy (non-hydrogen) atoms. The van der Waals surface area contributed by atoms with Crippen molar-refractivity contribution in [2.24, 2.45) is 7.05 Å². The normalized spacial score (nSPS) is 21.1. The van der Waals surface area contributed by atoms with Crippen molar-refractivity contribution in [2.45, 2.75) is 31.2 Å². The maximum absolute atomic E-state index is 12.3. The number of ether oxygens (including phenoxy) is 1. The first-order valence-electron chi connectivity index (χ1n) is 9.14. The molecule has 4 rings (SSSR count). The van der Waals surface area contributed by atoms with E-state index >= 15 is 0 Å². The highest BCUT2D eigenvalue weighted by Gasteiger charge is 2.27. The molecule has 1 N–H and O–H groups in total. The number of anilines is 1. The van der Waals surface area contributed by atoms with Gasteiger partial charge in [-0.25, -0.2) is 9.97 Å². The van der Waals surface area contributed by atoms with Gasteiger partial charge in [-0.05, 0) is 25.3 Å². The molecule has 138 valence electrons. The smallest absolute Gasteiger partial charge is 0.254 e. The minimum atomic E-state index is -0.0816. The molecule has 8 nitrogen and oxygen atoms in total. The summed E-state index contributed by atoms with van der Waals surface area (Å²) in [6, 6.07) is 2.11. The first kappa shape index (κ1) is 17.0. The van der Waals surface area contributed by atoms with Gasteiger partial charge in [0.1, 0.15) is 0 Å². The van der Waals surface area contributed by atoms with E-state index in [1.54, 1.807) is 24.1 Å². The Bertz CT molecular complexity index is 771. The summed E-state index contributed by atoms with van der Waals surface area (Å²) in [5, 5.41) is 7.13. The van der Waals surface area contributed by atoms with Gasteiger partial charge < -0.3 is 15.0 Å². The van der Waals surface area contributed by atoms with Crippen molar-refractivity contribution in [3.05, 3.63) is 35.9 Å². The Morgan fingerprint density at radius 2 is 2.15 bits per heavy atom. The Balaban J connectivity index is 1.38. The zero-order valence-electron chi connectivity index (χ0n) is 15.0. The summed E-state index contributed by atoms with van der Waals surface area (Å²) in [6.45, 7) is 3.17. The van der Waals surface area contributed by atoms with Crippen molar-refractivity contribution in [1.29, 1.82) is 0 Å². The standard InChI is InChI=1S/C18H24N6O2/c1-23-11-14(10-20-23)17(25)21-15-3-7-24(12-15)18-19-6-2-16(22-18)13-4-8-26-9-5-13/h2,6,10-11,13,15H,3-5,7-9,12H2,1H3,(H,21,25). The quantitative estimate of drug-likeness (QED) is 0.883. The number of hydrogen-bond acceptors (Lipinski definition) is 6. The van der Waals surface area contributed by atoms with Crippen LogP contribution in [0.25, 0.3) is 0 Å². The van der Waals surface area contributed by atoms with Crippen LogP contribution in [-0.2, 0) is 11.8 Å². The number of carbonyl (C=O) groups is 1. The van der Waals surface area contributed by atoms with Gasteiger partial charge in [-0.3, -0.25) is 9.48 Å². The second-order valence-corrected chi connectivity index (χ2v) is 6.98.